The number of aryl methyl sites for hydroxylation is 1. The van der Waals surface area contributed by atoms with Crippen molar-refractivity contribution in [3.05, 3.63) is 29.8 Å². The molecular weight excluding hydrogens is 210 g/mol. The second-order valence-corrected chi connectivity index (χ2v) is 4.22. The quantitative estimate of drug-likeness (QED) is 0.580. The molecule has 0 saturated heterocycles. The van der Waals surface area contributed by atoms with Crippen molar-refractivity contribution in [3.63, 3.8) is 0 Å². The third kappa shape index (κ3) is 3.93. The number of nitrogens with zero attached hydrogens (tertiary/aromatic N) is 1. The second kappa shape index (κ2) is 5.78. The van der Waals surface area contributed by atoms with E-state index in [9.17, 15) is 4.79 Å². The first-order valence-corrected chi connectivity index (χ1v) is 5.62. The van der Waals surface area contributed by atoms with Gasteiger partial charge in [-0.05, 0) is 19.1 Å². The van der Waals surface area contributed by atoms with Crippen molar-refractivity contribution in [3.8, 4) is 0 Å². The first kappa shape index (κ1) is 12.1. The fraction of sp³-hybridized carbons (Fsp3) is 0.364. The molecule has 0 aliphatic rings. The van der Waals surface area contributed by atoms with Gasteiger partial charge in [-0.15, -0.1) is 11.8 Å². The van der Waals surface area contributed by atoms with Crippen LogP contribution in [0.1, 0.15) is 5.56 Å². The van der Waals surface area contributed by atoms with E-state index in [1.165, 1.54) is 29.5 Å². The Morgan fingerprint density at radius 1 is 1.40 bits per heavy atom. The molecule has 0 spiro atoms. The van der Waals surface area contributed by atoms with E-state index in [2.05, 4.69) is 0 Å². The van der Waals surface area contributed by atoms with E-state index in [4.69, 9.17) is 4.84 Å². The van der Waals surface area contributed by atoms with E-state index < -0.39 is 0 Å². The Balaban J connectivity index is 2.43. The molecule has 0 N–H and O–H groups in total. The first-order valence-electron chi connectivity index (χ1n) is 4.63. The summed E-state index contributed by atoms with van der Waals surface area (Å²) in [4.78, 5) is 17.3. The van der Waals surface area contributed by atoms with Crippen molar-refractivity contribution in [2.45, 2.75) is 11.8 Å². The van der Waals surface area contributed by atoms with E-state index in [1.54, 1.807) is 7.05 Å². The van der Waals surface area contributed by atoms with Gasteiger partial charge in [0.2, 0.25) is 0 Å². The normalized spacial score (nSPS) is 10.1. The monoisotopic (exact) mass is 225 g/mol. The lowest BCUT2D eigenvalue weighted by atomic mass is 10.2. The zero-order valence-corrected chi connectivity index (χ0v) is 10.0. The summed E-state index contributed by atoms with van der Waals surface area (Å²) in [7, 11) is 3.09. The molecule has 0 unspecified atom stereocenters. The van der Waals surface area contributed by atoms with Crippen molar-refractivity contribution < 1.29 is 9.63 Å². The van der Waals surface area contributed by atoms with Crippen molar-refractivity contribution in [1.29, 1.82) is 0 Å². The first-order chi connectivity index (χ1) is 7.13. The maximum atomic E-state index is 11.4. The lowest BCUT2D eigenvalue weighted by Crippen LogP contribution is -2.26. The molecule has 0 atom stereocenters. The van der Waals surface area contributed by atoms with Crippen LogP contribution >= 0.6 is 11.8 Å². The van der Waals surface area contributed by atoms with Gasteiger partial charge in [-0.25, -0.2) is 5.06 Å². The lowest BCUT2D eigenvalue weighted by molar-refractivity contribution is -0.165. The second-order valence-electron chi connectivity index (χ2n) is 3.18. The van der Waals surface area contributed by atoms with Gasteiger partial charge in [0.1, 0.15) is 0 Å². The Labute approximate surface area is 94.4 Å². The van der Waals surface area contributed by atoms with Crippen LogP contribution < -0.4 is 0 Å². The maximum Gasteiger partial charge on any atom is 0.256 e. The van der Waals surface area contributed by atoms with Crippen LogP contribution in [0.25, 0.3) is 0 Å². The highest BCUT2D eigenvalue weighted by atomic mass is 32.2. The molecule has 4 heteroatoms. The SMILES string of the molecule is CON(C)C(=O)CSc1ccc(C)cc1. The Bertz CT molecular complexity index is 324. The van der Waals surface area contributed by atoms with Crippen LogP contribution in [-0.2, 0) is 9.63 Å². The highest BCUT2D eigenvalue weighted by molar-refractivity contribution is 8.00. The highest BCUT2D eigenvalue weighted by Gasteiger charge is 2.07. The smallest absolute Gasteiger partial charge is 0.256 e. The molecule has 0 heterocycles. The summed E-state index contributed by atoms with van der Waals surface area (Å²) in [5.41, 5.74) is 1.22. The molecule has 3 nitrogen and oxygen atoms in total. The predicted octanol–water partition coefficient (Wildman–Crippen LogP) is 2.11. The number of amides is 1. The molecule has 1 aromatic carbocycles. The fourth-order valence-corrected chi connectivity index (χ4v) is 1.77. The molecule has 0 aromatic heterocycles. The van der Waals surface area contributed by atoms with Crippen LogP contribution in [0, 0.1) is 6.92 Å². The van der Waals surface area contributed by atoms with Crippen LogP contribution in [0.4, 0.5) is 0 Å². The summed E-state index contributed by atoms with van der Waals surface area (Å²) in [6, 6.07) is 8.10. The molecule has 0 aliphatic heterocycles. The minimum absolute atomic E-state index is 0.0388. The average molecular weight is 225 g/mol. The maximum absolute atomic E-state index is 11.4. The molecule has 0 saturated carbocycles. The Kier molecular flexibility index (Phi) is 4.65. The largest absolute Gasteiger partial charge is 0.275 e. The number of carbonyl (C=O) groups is 1. The third-order valence-electron chi connectivity index (χ3n) is 2.01. The number of hydrogen-bond donors (Lipinski definition) is 0. The number of benzene rings is 1. The van der Waals surface area contributed by atoms with Crippen LogP contribution in [0.15, 0.2) is 29.2 Å². The number of hydroxylamine groups is 2. The summed E-state index contributed by atoms with van der Waals surface area (Å²) < 4.78 is 0. The van der Waals surface area contributed by atoms with Gasteiger partial charge < -0.3 is 0 Å². The van der Waals surface area contributed by atoms with Crippen molar-refractivity contribution in [1.82, 2.24) is 5.06 Å². The van der Waals surface area contributed by atoms with Crippen molar-refractivity contribution in [2.24, 2.45) is 0 Å². The van der Waals surface area contributed by atoms with E-state index >= 15 is 0 Å². The Morgan fingerprint density at radius 3 is 2.53 bits per heavy atom. The van der Waals surface area contributed by atoms with Gasteiger partial charge in [-0.3, -0.25) is 9.63 Å². The zero-order valence-electron chi connectivity index (χ0n) is 9.19. The van der Waals surface area contributed by atoms with Crippen LogP contribution in [-0.4, -0.2) is 30.9 Å². The summed E-state index contributed by atoms with van der Waals surface area (Å²) >= 11 is 1.51. The summed E-state index contributed by atoms with van der Waals surface area (Å²) in [6.45, 7) is 2.04. The topological polar surface area (TPSA) is 29.5 Å². The van der Waals surface area contributed by atoms with Gasteiger partial charge in [0, 0.05) is 11.9 Å². The van der Waals surface area contributed by atoms with E-state index in [0.717, 1.165) is 4.90 Å². The molecular formula is C11H15NO2S. The predicted molar refractivity (Wildman–Crippen MR) is 61.7 cm³/mol. The Morgan fingerprint density at radius 2 is 2.00 bits per heavy atom. The van der Waals surface area contributed by atoms with Crippen LogP contribution in [0.3, 0.4) is 0 Å². The third-order valence-corrected chi connectivity index (χ3v) is 3.01. The number of hydrogen-bond acceptors (Lipinski definition) is 3. The van der Waals surface area contributed by atoms with Gasteiger partial charge >= 0.3 is 0 Å². The summed E-state index contributed by atoms with van der Waals surface area (Å²) in [5.74, 6) is 0.357. The molecule has 0 aliphatic carbocycles. The highest BCUT2D eigenvalue weighted by Crippen LogP contribution is 2.18. The molecule has 1 amide bonds. The minimum atomic E-state index is -0.0388. The molecule has 1 aromatic rings. The minimum Gasteiger partial charge on any atom is -0.275 e. The average Bonchev–Trinajstić information content (AvgIpc) is 2.26. The molecule has 0 fully saturated rings. The molecule has 0 bridgehead atoms. The van der Waals surface area contributed by atoms with Gasteiger partial charge in [0.05, 0.1) is 12.9 Å². The molecule has 0 radical (unpaired) electrons. The molecule has 1 rings (SSSR count). The lowest BCUT2D eigenvalue weighted by Gasteiger charge is -2.12. The van der Waals surface area contributed by atoms with Gasteiger partial charge in [-0.1, -0.05) is 17.7 Å². The zero-order chi connectivity index (χ0) is 11.3. The van der Waals surface area contributed by atoms with Gasteiger partial charge in [0.15, 0.2) is 0 Å². The van der Waals surface area contributed by atoms with E-state index in [1.807, 2.05) is 31.2 Å². The number of thioether (sulfide) groups is 1. The van der Waals surface area contributed by atoms with E-state index in [0.29, 0.717) is 5.75 Å². The Hall–Kier alpha value is -1.00. The van der Waals surface area contributed by atoms with E-state index in [-0.39, 0.29) is 5.91 Å². The van der Waals surface area contributed by atoms with Gasteiger partial charge in [-0.2, -0.15) is 0 Å². The number of carbonyl (C=O) groups excluding carboxylic acids is 1. The van der Waals surface area contributed by atoms with Crippen molar-refractivity contribution >= 4 is 17.7 Å². The van der Waals surface area contributed by atoms with Crippen LogP contribution in [0.5, 0.6) is 0 Å². The molecule has 82 valence electrons. The van der Waals surface area contributed by atoms with Crippen molar-refractivity contribution in [2.75, 3.05) is 19.9 Å². The fourth-order valence-electron chi connectivity index (χ4n) is 0.972. The van der Waals surface area contributed by atoms with Crippen LogP contribution in [0.2, 0.25) is 0 Å². The summed E-state index contributed by atoms with van der Waals surface area (Å²) in [5, 5.41) is 1.24. The summed E-state index contributed by atoms with van der Waals surface area (Å²) in [6.07, 6.45) is 0. The standard InChI is InChI=1S/C11H15NO2S/c1-9-4-6-10(7-5-9)15-8-11(13)12(2)14-3/h4-7H,8H2,1-3H3. The number of rotatable bonds is 4. The molecule has 15 heavy (non-hydrogen) atoms. The van der Waals surface area contributed by atoms with Gasteiger partial charge in [0.25, 0.3) is 5.91 Å².